The molecule has 1 aliphatic heterocycles. The Morgan fingerprint density at radius 1 is 1.52 bits per heavy atom. The van der Waals surface area contributed by atoms with E-state index in [1.165, 1.54) is 6.42 Å². The highest BCUT2D eigenvalue weighted by molar-refractivity contribution is 9.10. The predicted octanol–water partition coefficient (Wildman–Crippen LogP) is 3.95. The van der Waals surface area contributed by atoms with E-state index in [0.717, 1.165) is 30.5 Å². The predicted molar refractivity (Wildman–Crippen MR) is 90.9 cm³/mol. The van der Waals surface area contributed by atoms with Gasteiger partial charge in [-0.15, -0.1) is 0 Å². The smallest absolute Gasteiger partial charge is 0.255 e. The molecule has 2 rings (SSSR count). The normalized spacial score (nSPS) is 19.1. The first-order chi connectivity index (χ1) is 9.97. The van der Waals surface area contributed by atoms with Crippen LogP contribution in [0.1, 0.15) is 37.0 Å². The largest absolute Gasteiger partial charge is 0.338 e. The van der Waals surface area contributed by atoms with Crippen LogP contribution >= 0.6 is 27.5 Å². The highest BCUT2D eigenvalue weighted by Crippen LogP contribution is 2.25. The van der Waals surface area contributed by atoms with Gasteiger partial charge in [0.2, 0.25) is 0 Å². The van der Waals surface area contributed by atoms with E-state index < -0.39 is 0 Å². The van der Waals surface area contributed by atoms with Crippen molar-refractivity contribution in [3.05, 3.63) is 33.3 Å². The summed E-state index contributed by atoms with van der Waals surface area (Å²) < 4.78 is 0.805. The fourth-order valence-corrected chi connectivity index (χ4v) is 3.24. The van der Waals surface area contributed by atoms with Gasteiger partial charge in [0.1, 0.15) is 0 Å². The van der Waals surface area contributed by atoms with Gasteiger partial charge in [-0.05, 0) is 59.4 Å². The molecule has 1 unspecified atom stereocenters. The summed E-state index contributed by atoms with van der Waals surface area (Å²) >= 11 is 9.46. The Bertz CT molecular complexity index is 507. The maximum Gasteiger partial charge on any atom is 0.255 e. The minimum absolute atomic E-state index is 0.0682. The van der Waals surface area contributed by atoms with Gasteiger partial charge >= 0.3 is 0 Å². The van der Waals surface area contributed by atoms with Crippen LogP contribution in [0.5, 0.6) is 0 Å². The lowest BCUT2D eigenvalue weighted by atomic mass is 9.97. The molecule has 1 heterocycles. The average Bonchev–Trinajstić information content (AvgIpc) is 2.47. The summed E-state index contributed by atoms with van der Waals surface area (Å²) in [5, 5.41) is 4.06. The van der Waals surface area contributed by atoms with Crippen molar-refractivity contribution in [2.24, 2.45) is 5.92 Å². The number of likely N-dealkylation sites (tertiary alicyclic amines) is 1. The van der Waals surface area contributed by atoms with Crippen molar-refractivity contribution in [1.29, 1.82) is 0 Å². The number of benzene rings is 1. The zero-order valence-corrected chi connectivity index (χ0v) is 14.9. The molecule has 0 radical (unpaired) electrons. The molecule has 1 aromatic carbocycles. The molecule has 0 aromatic heterocycles. The van der Waals surface area contributed by atoms with E-state index in [2.05, 4.69) is 35.1 Å². The zero-order valence-electron chi connectivity index (χ0n) is 12.5. The standard InChI is InChI=1S/C16H22BrClN2O/c1-11(2)19-9-12-4-3-7-20(10-12)16(21)14-8-13(18)5-6-15(14)17/h5-6,8,11-12,19H,3-4,7,9-10H2,1-2H3. The Labute approximate surface area is 140 Å². The van der Waals surface area contributed by atoms with Gasteiger partial charge in [0.25, 0.3) is 5.91 Å². The van der Waals surface area contributed by atoms with Gasteiger partial charge in [0.05, 0.1) is 5.56 Å². The van der Waals surface area contributed by atoms with E-state index in [9.17, 15) is 4.79 Å². The van der Waals surface area contributed by atoms with Gasteiger partial charge in [-0.2, -0.15) is 0 Å². The van der Waals surface area contributed by atoms with Crippen LogP contribution in [0, 0.1) is 5.92 Å². The SMILES string of the molecule is CC(C)NCC1CCCN(C(=O)c2cc(Cl)ccc2Br)C1. The number of piperidine rings is 1. The molecule has 21 heavy (non-hydrogen) atoms. The van der Waals surface area contributed by atoms with Crippen LogP contribution in [0.25, 0.3) is 0 Å². The lowest BCUT2D eigenvalue weighted by molar-refractivity contribution is 0.0671. The van der Waals surface area contributed by atoms with Crippen molar-refractivity contribution in [2.75, 3.05) is 19.6 Å². The number of amides is 1. The van der Waals surface area contributed by atoms with E-state index in [1.54, 1.807) is 12.1 Å². The highest BCUT2D eigenvalue weighted by atomic mass is 79.9. The lowest BCUT2D eigenvalue weighted by Crippen LogP contribution is -2.43. The second-order valence-electron chi connectivity index (χ2n) is 5.95. The van der Waals surface area contributed by atoms with Crippen LogP contribution in [0.2, 0.25) is 5.02 Å². The molecule has 3 nitrogen and oxygen atoms in total. The Morgan fingerprint density at radius 3 is 3.00 bits per heavy atom. The molecule has 1 N–H and O–H groups in total. The topological polar surface area (TPSA) is 32.3 Å². The molecule has 0 bridgehead atoms. The minimum Gasteiger partial charge on any atom is -0.338 e. The number of halogens is 2. The molecule has 116 valence electrons. The summed E-state index contributed by atoms with van der Waals surface area (Å²) in [6.45, 7) is 6.91. The molecular formula is C16H22BrClN2O. The molecule has 0 spiro atoms. The highest BCUT2D eigenvalue weighted by Gasteiger charge is 2.25. The first-order valence-electron chi connectivity index (χ1n) is 7.45. The minimum atomic E-state index is 0.0682. The zero-order chi connectivity index (χ0) is 15.4. The number of nitrogens with one attached hydrogen (secondary N) is 1. The first kappa shape index (κ1) is 16.8. The van der Waals surface area contributed by atoms with E-state index in [0.29, 0.717) is 22.5 Å². The molecule has 1 atom stereocenters. The fourth-order valence-electron chi connectivity index (χ4n) is 2.65. The quantitative estimate of drug-likeness (QED) is 0.866. The van der Waals surface area contributed by atoms with Gasteiger partial charge in [0, 0.05) is 28.6 Å². The first-order valence-corrected chi connectivity index (χ1v) is 8.62. The van der Waals surface area contributed by atoms with Crippen molar-refractivity contribution in [1.82, 2.24) is 10.2 Å². The second kappa shape index (κ2) is 7.61. The Hall–Kier alpha value is -0.580. The molecule has 5 heteroatoms. The third kappa shape index (κ3) is 4.70. The molecule has 1 aliphatic rings. The van der Waals surface area contributed by atoms with Gasteiger partial charge in [-0.25, -0.2) is 0 Å². The van der Waals surface area contributed by atoms with Crippen molar-refractivity contribution < 1.29 is 4.79 Å². The second-order valence-corrected chi connectivity index (χ2v) is 7.24. The maximum absolute atomic E-state index is 12.7. The summed E-state index contributed by atoms with van der Waals surface area (Å²) in [6.07, 6.45) is 2.24. The number of rotatable bonds is 4. The van der Waals surface area contributed by atoms with E-state index in [4.69, 9.17) is 11.6 Å². The summed E-state index contributed by atoms with van der Waals surface area (Å²) in [6, 6.07) is 5.84. The summed E-state index contributed by atoms with van der Waals surface area (Å²) in [5.41, 5.74) is 0.653. The van der Waals surface area contributed by atoms with Gasteiger partial charge in [0.15, 0.2) is 0 Å². The molecule has 0 saturated carbocycles. The van der Waals surface area contributed by atoms with Crippen LogP contribution in [-0.4, -0.2) is 36.5 Å². The van der Waals surface area contributed by atoms with Gasteiger partial charge < -0.3 is 10.2 Å². The van der Waals surface area contributed by atoms with Crippen LogP contribution in [0.15, 0.2) is 22.7 Å². The van der Waals surface area contributed by atoms with E-state index >= 15 is 0 Å². The van der Waals surface area contributed by atoms with Crippen molar-refractivity contribution >= 4 is 33.4 Å². The lowest BCUT2D eigenvalue weighted by Gasteiger charge is -2.33. The molecule has 1 amide bonds. The Morgan fingerprint density at radius 2 is 2.29 bits per heavy atom. The molecule has 0 aliphatic carbocycles. The number of carbonyl (C=O) groups is 1. The van der Waals surface area contributed by atoms with Crippen molar-refractivity contribution in [2.45, 2.75) is 32.7 Å². The van der Waals surface area contributed by atoms with E-state index in [1.807, 2.05) is 11.0 Å². The summed E-state index contributed by atoms with van der Waals surface area (Å²) in [4.78, 5) is 14.6. The van der Waals surface area contributed by atoms with Crippen molar-refractivity contribution in [3.8, 4) is 0 Å². The van der Waals surface area contributed by atoms with Crippen LogP contribution in [0.4, 0.5) is 0 Å². The molecule has 1 fully saturated rings. The number of hydrogen-bond donors (Lipinski definition) is 1. The molecular weight excluding hydrogens is 352 g/mol. The fraction of sp³-hybridized carbons (Fsp3) is 0.562. The number of hydrogen-bond acceptors (Lipinski definition) is 2. The van der Waals surface area contributed by atoms with E-state index in [-0.39, 0.29) is 5.91 Å². The Kier molecular flexibility index (Phi) is 6.08. The van der Waals surface area contributed by atoms with Crippen LogP contribution in [0.3, 0.4) is 0 Å². The molecule has 1 saturated heterocycles. The van der Waals surface area contributed by atoms with Crippen LogP contribution in [-0.2, 0) is 0 Å². The average molecular weight is 374 g/mol. The van der Waals surface area contributed by atoms with Crippen LogP contribution < -0.4 is 5.32 Å². The summed E-state index contributed by atoms with van der Waals surface area (Å²) in [5.74, 6) is 0.599. The van der Waals surface area contributed by atoms with Crippen molar-refractivity contribution in [3.63, 3.8) is 0 Å². The summed E-state index contributed by atoms with van der Waals surface area (Å²) in [7, 11) is 0. The number of nitrogens with zero attached hydrogens (tertiary/aromatic N) is 1. The number of carbonyl (C=O) groups excluding carboxylic acids is 1. The molecule has 1 aromatic rings. The Balaban J connectivity index is 2.03. The monoisotopic (exact) mass is 372 g/mol. The maximum atomic E-state index is 12.7. The van der Waals surface area contributed by atoms with Gasteiger partial charge in [-0.3, -0.25) is 4.79 Å². The van der Waals surface area contributed by atoms with Gasteiger partial charge in [-0.1, -0.05) is 25.4 Å². The third-order valence-corrected chi connectivity index (χ3v) is 4.71. The third-order valence-electron chi connectivity index (χ3n) is 3.78.